The van der Waals surface area contributed by atoms with Gasteiger partial charge in [0, 0.05) is 19.3 Å². The third-order valence-corrected chi connectivity index (χ3v) is 7.95. The zero-order chi connectivity index (χ0) is 37.1. The van der Waals surface area contributed by atoms with Crippen LogP contribution in [0.2, 0.25) is 0 Å². The minimum absolute atomic E-state index is 0.0347. The third-order valence-electron chi connectivity index (χ3n) is 7.95. The number of unbranched alkanes of at least 4 members (excludes halogenated alkanes) is 10. The van der Waals surface area contributed by atoms with Gasteiger partial charge < -0.3 is 23.8 Å². The fourth-order valence-electron chi connectivity index (χ4n) is 4.96. The Kier molecular flexibility index (Phi) is 30.8. The van der Waals surface area contributed by atoms with Gasteiger partial charge in [-0.15, -0.1) is 0 Å². The number of esters is 2. The van der Waals surface area contributed by atoms with Gasteiger partial charge in [0.05, 0.1) is 34.4 Å². The summed E-state index contributed by atoms with van der Waals surface area (Å²) in [6.07, 6.45) is 39.6. The molecular formula is C42H70NO7+. The highest BCUT2D eigenvalue weighted by molar-refractivity contribution is 5.72. The molecule has 0 fully saturated rings. The highest BCUT2D eigenvalue weighted by Gasteiger charge is 2.31. The first-order chi connectivity index (χ1) is 24.1. The van der Waals surface area contributed by atoms with Crippen molar-refractivity contribution in [2.45, 2.75) is 135 Å². The maximum atomic E-state index is 12.6. The fraction of sp³-hybridized carbons (Fsp3) is 0.643. The van der Waals surface area contributed by atoms with Crippen molar-refractivity contribution in [2.24, 2.45) is 0 Å². The van der Waals surface area contributed by atoms with Gasteiger partial charge in [-0.3, -0.25) is 9.59 Å². The Hall–Kier alpha value is -3.23. The van der Waals surface area contributed by atoms with E-state index in [9.17, 15) is 19.5 Å². The first kappa shape index (κ1) is 46.8. The van der Waals surface area contributed by atoms with Crippen LogP contribution in [0.15, 0.2) is 72.9 Å². The van der Waals surface area contributed by atoms with E-state index in [1.54, 1.807) is 0 Å². The molecule has 0 spiro atoms. The topological polar surface area (TPSA) is 99.1 Å². The molecule has 0 rings (SSSR count). The number of carboxylic acids is 1. The zero-order valence-electron chi connectivity index (χ0n) is 32.1. The Labute approximate surface area is 304 Å². The second-order valence-electron chi connectivity index (χ2n) is 13.6. The molecule has 0 aromatic heterocycles. The van der Waals surface area contributed by atoms with Crippen LogP contribution in [0.4, 0.5) is 0 Å². The highest BCUT2D eigenvalue weighted by Crippen LogP contribution is 2.12. The highest BCUT2D eigenvalue weighted by atomic mass is 16.6. The van der Waals surface area contributed by atoms with Crippen LogP contribution in [-0.2, 0) is 28.6 Å². The van der Waals surface area contributed by atoms with Gasteiger partial charge in [-0.2, -0.15) is 0 Å². The molecule has 0 aliphatic rings. The molecule has 0 saturated carbocycles. The van der Waals surface area contributed by atoms with Crippen molar-refractivity contribution in [3.63, 3.8) is 0 Å². The molecule has 0 aromatic rings. The molecule has 0 amide bonds. The molecule has 2 unspecified atom stereocenters. The van der Waals surface area contributed by atoms with Crippen molar-refractivity contribution in [2.75, 3.05) is 41.0 Å². The summed E-state index contributed by atoms with van der Waals surface area (Å²) in [5.41, 5.74) is 0. The maximum Gasteiger partial charge on any atom is 0.362 e. The number of quaternary nitrogens is 1. The summed E-state index contributed by atoms with van der Waals surface area (Å²) in [5.74, 6) is -1.58. The molecule has 0 saturated heterocycles. The standard InChI is InChI=1S/C42H69NO7/c1-6-8-10-12-14-16-17-18-19-20-21-22-23-24-25-27-29-31-33-41(45)50-38(36-48-35-34-39(42(46)47)43(3,4)5)37-49-40(44)32-30-28-26-15-13-11-9-7-2/h10,12,14,16-22,26,28,38-39H,6-9,11,13,15,23-25,27,29-37H2,1-5H3/p+1/b12-10+,16-14+,18-17+,20-19+,22-21+,28-26+. The van der Waals surface area contributed by atoms with Crippen molar-refractivity contribution < 1.29 is 38.2 Å². The Balaban J connectivity index is 4.49. The molecule has 0 aliphatic heterocycles. The molecule has 2 atom stereocenters. The number of aliphatic carboxylic acids is 1. The van der Waals surface area contributed by atoms with E-state index in [-0.39, 0.29) is 42.7 Å². The maximum absolute atomic E-state index is 12.6. The van der Waals surface area contributed by atoms with Gasteiger partial charge in [0.25, 0.3) is 0 Å². The summed E-state index contributed by atoms with van der Waals surface area (Å²) < 4.78 is 17.1. The Bertz CT molecular complexity index is 1050. The number of hydrogen-bond donors (Lipinski definition) is 1. The summed E-state index contributed by atoms with van der Waals surface area (Å²) in [5, 5.41) is 9.57. The quantitative estimate of drug-likeness (QED) is 0.0245. The second kappa shape index (κ2) is 32.9. The van der Waals surface area contributed by atoms with Gasteiger partial charge in [-0.25, -0.2) is 4.79 Å². The van der Waals surface area contributed by atoms with Crippen LogP contribution in [0, 0.1) is 0 Å². The molecule has 0 radical (unpaired) electrons. The summed E-state index contributed by atoms with van der Waals surface area (Å²) in [6, 6.07) is -0.626. The molecule has 8 heteroatoms. The predicted octanol–water partition coefficient (Wildman–Crippen LogP) is 9.63. The minimum atomic E-state index is -0.889. The number of carbonyl (C=O) groups excluding carboxylic acids is 2. The number of carboxylic acid groups (broad SMARTS) is 1. The van der Waals surface area contributed by atoms with Gasteiger partial charge in [-0.05, 0) is 44.9 Å². The van der Waals surface area contributed by atoms with Crippen molar-refractivity contribution >= 4 is 17.9 Å². The van der Waals surface area contributed by atoms with Crippen LogP contribution in [0.25, 0.3) is 0 Å². The summed E-state index contributed by atoms with van der Waals surface area (Å²) in [7, 11) is 5.48. The van der Waals surface area contributed by atoms with E-state index in [1.807, 2.05) is 63.7 Å². The van der Waals surface area contributed by atoms with Crippen LogP contribution in [0.1, 0.15) is 123 Å². The Morgan fingerprint density at radius 3 is 1.78 bits per heavy atom. The monoisotopic (exact) mass is 701 g/mol. The largest absolute Gasteiger partial charge is 0.477 e. The molecule has 50 heavy (non-hydrogen) atoms. The van der Waals surface area contributed by atoms with Crippen molar-refractivity contribution in [1.82, 2.24) is 0 Å². The van der Waals surface area contributed by atoms with Crippen LogP contribution in [-0.4, -0.2) is 80.6 Å². The summed E-state index contributed by atoms with van der Waals surface area (Å²) in [6.45, 7) is 4.50. The van der Waals surface area contributed by atoms with Crippen LogP contribution >= 0.6 is 0 Å². The molecule has 0 aromatic carbocycles. The van der Waals surface area contributed by atoms with Crippen molar-refractivity contribution in [3.05, 3.63) is 72.9 Å². The zero-order valence-corrected chi connectivity index (χ0v) is 32.1. The molecule has 0 aliphatic carbocycles. The average Bonchev–Trinajstić information content (AvgIpc) is 3.06. The number of nitrogens with zero attached hydrogens (tertiary/aromatic N) is 1. The van der Waals surface area contributed by atoms with E-state index in [1.165, 1.54) is 25.7 Å². The number of allylic oxidation sites excluding steroid dienone is 12. The molecule has 0 heterocycles. The lowest BCUT2D eigenvalue weighted by atomic mass is 10.1. The van der Waals surface area contributed by atoms with E-state index >= 15 is 0 Å². The molecule has 8 nitrogen and oxygen atoms in total. The van der Waals surface area contributed by atoms with E-state index in [4.69, 9.17) is 14.2 Å². The SMILES string of the molecule is CCC/C=C/C=C/C=C/C=C/C=C/CCCCCCCC(=O)OC(COCCC(C(=O)O)[N+](C)(C)C)COC(=O)CC/C=C/CCCCCC. The van der Waals surface area contributed by atoms with Crippen LogP contribution < -0.4 is 0 Å². The third kappa shape index (κ3) is 30.8. The fourth-order valence-corrected chi connectivity index (χ4v) is 4.96. The lowest BCUT2D eigenvalue weighted by molar-refractivity contribution is -0.887. The Morgan fingerprint density at radius 1 is 0.600 bits per heavy atom. The normalized spacial score (nSPS) is 13.9. The summed E-state index contributed by atoms with van der Waals surface area (Å²) >= 11 is 0. The smallest absolute Gasteiger partial charge is 0.362 e. The van der Waals surface area contributed by atoms with Crippen LogP contribution in [0.5, 0.6) is 0 Å². The van der Waals surface area contributed by atoms with Crippen LogP contribution in [0.3, 0.4) is 0 Å². The molecule has 1 N–H and O–H groups in total. The van der Waals surface area contributed by atoms with Gasteiger partial charge >= 0.3 is 17.9 Å². The number of likely N-dealkylation sites (N-methyl/N-ethyl adjacent to an activating group) is 1. The first-order valence-corrected chi connectivity index (χ1v) is 19.0. The van der Waals surface area contributed by atoms with Gasteiger partial charge in [0.15, 0.2) is 12.1 Å². The van der Waals surface area contributed by atoms with E-state index in [0.29, 0.717) is 19.3 Å². The van der Waals surface area contributed by atoms with Gasteiger partial charge in [-0.1, -0.05) is 132 Å². The number of carbonyl (C=O) groups is 3. The Morgan fingerprint density at radius 2 is 1.16 bits per heavy atom. The average molecular weight is 701 g/mol. The predicted molar refractivity (Wildman–Crippen MR) is 206 cm³/mol. The molecular weight excluding hydrogens is 630 g/mol. The summed E-state index contributed by atoms with van der Waals surface area (Å²) in [4.78, 5) is 36.7. The van der Waals surface area contributed by atoms with Crippen molar-refractivity contribution in [3.8, 4) is 0 Å². The first-order valence-electron chi connectivity index (χ1n) is 19.0. The molecule has 284 valence electrons. The number of ether oxygens (including phenoxy) is 3. The van der Waals surface area contributed by atoms with E-state index in [2.05, 4.69) is 44.2 Å². The van der Waals surface area contributed by atoms with Crippen molar-refractivity contribution in [1.29, 1.82) is 0 Å². The van der Waals surface area contributed by atoms with E-state index < -0.39 is 18.1 Å². The lowest BCUT2D eigenvalue weighted by Gasteiger charge is -2.31. The molecule has 0 bridgehead atoms. The van der Waals surface area contributed by atoms with Gasteiger partial charge in [0.2, 0.25) is 0 Å². The van der Waals surface area contributed by atoms with E-state index in [0.717, 1.165) is 57.8 Å². The lowest BCUT2D eigenvalue weighted by Crippen LogP contribution is -2.50. The second-order valence-corrected chi connectivity index (χ2v) is 13.6. The van der Waals surface area contributed by atoms with Gasteiger partial charge in [0.1, 0.15) is 6.61 Å². The number of hydrogen-bond acceptors (Lipinski definition) is 6. The number of rotatable bonds is 32. The minimum Gasteiger partial charge on any atom is -0.477 e.